The molecule has 0 saturated carbocycles. The number of aryl methyl sites for hydroxylation is 1. The molecule has 0 N–H and O–H groups in total. The zero-order valence-electron chi connectivity index (χ0n) is 7.94. The number of rotatable bonds is 2. The highest BCUT2D eigenvalue weighted by Gasteiger charge is 2.03. The summed E-state index contributed by atoms with van der Waals surface area (Å²) in [5.74, 6) is -0.212. The van der Waals surface area contributed by atoms with E-state index in [0.717, 1.165) is 17.8 Å². The van der Waals surface area contributed by atoms with Gasteiger partial charge in [0.2, 0.25) is 0 Å². The molecule has 14 heavy (non-hydrogen) atoms. The van der Waals surface area contributed by atoms with Crippen LogP contribution in [-0.2, 0) is 6.54 Å². The number of aromatic nitrogens is 2. The van der Waals surface area contributed by atoms with Gasteiger partial charge in [0.15, 0.2) is 0 Å². The Bertz CT molecular complexity index is 417. The van der Waals surface area contributed by atoms with E-state index >= 15 is 0 Å². The maximum Gasteiger partial charge on any atom is 0.123 e. The number of hydrogen-bond donors (Lipinski definition) is 0. The fraction of sp³-hybridized carbons (Fsp3) is 0.182. The molecule has 0 aliphatic heterocycles. The number of hydrogen-bond acceptors (Lipinski definition) is 1. The van der Waals surface area contributed by atoms with Crippen LogP contribution in [0.4, 0.5) is 4.39 Å². The van der Waals surface area contributed by atoms with Crippen LogP contribution in [0.25, 0.3) is 11.3 Å². The van der Waals surface area contributed by atoms with Crippen LogP contribution in [-0.4, -0.2) is 9.78 Å². The second-order valence-electron chi connectivity index (χ2n) is 3.04. The van der Waals surface area contributed by atoms with Gasteiger partial charge in [-0.1, -0.05) is 0 Å². The molecule has 0 fully saturated rings. The smallest absolute Gasteiger partial charge is 0.123 e. The zero-order valence-corrected chi connectivity index (χ0v) is 7.94. The van der Waals surface area contributed by atoms with E-state index in [9.17, 15) is 4.39 Å². The highest BCUT2D eigenvalue weighted by Crippen LogP contribution is 2.18. The summed E-state index contributed by atoms with van der Waals surface area (Å²) in [6, 6.07) is 8.37. The highest BCUT2D eigenvalue weighted by atomic mass is 19.1. The molecule has 3 heteroatoms. The van der Waals surface area contributed by atoms with E-state index in [4.69, 9.17) is 0 Å². The molecular formula is C11H11FN2. The SMILES string of the molecule is CCn1nccc1-c1ccc(F)cc1. The highest BCUT2D eigenvalue weighted by molar-refractivity contribution is 5.58. The Hall–Kier alpha value is -1.64. The minimum atomic E-state index is -0.212. The van der Waals surface area contributed by atoms with Crippen LogP contribution >= 0.6 is 0 Å². The molecule has 1 heterocycles. The molecule has 0 aliphatic rings. The molecule has 0 atom stereocenters. The van der Waals surface area contributed by atoms with Crippen LogP contribution in [0, 0.1) is 5.82 Å². The van der Waals surface area contributed by atoms with Crippen molar-refractivity contribution < 1.29 is 4.39 Å². The first-order valence-electron chi connectivity index (χ1n) is 4.59. The summed E-state index contributed by atoms with van der Waals surface area (Å²) < 4.78 is 14.6. The first kappa shape index (κ1) is 8.94. The Morgan fingerprint density at radius 3 is 2.57 bits per heavy atom. The molecule has 2 nitrogen and oxygen atoms in total. The second-order valence-corrected chi connectivity index (χ2v) is 3.04. The summed E-state index contributed by atoms with van der Waals surface area (Å²) in [5, 5.41) is 4.16. The van der Waals surface area contributed by atoms with Crippen molar-refractivity contribution in [1.82, 2.24) is 9.78 Å². The van der Waals surface area contributed by atoms with Crippen molar-refractivity contribution in [3.05, 3.63) is 42.3 Å². The molecular weight excluding hydrogens is 179 g/mol. The van der Waals surface area contributed by atoms with Gasteiger partial charge >= 0.3 is 0 Å². The van der Waals surface area contributed by atoms with E-state index in [-0.39, 0.29) is 5.82 Å². The maximum absolute atomic E-state index is 12.7. The monoisotopic (exact) mass is 190 g/mol. The summed E-state index contributed by atoms with van der Waals surface area (Å²) >= 11 is 0. The molecule has 0 unspecified atom stereocenters. The van der Waals surface area contributed by atoms with Gasteiger partial charge in [-0.05, 0) is 42.8 Å². The van der Waals surface area contributed by atoms with Gasteiger partial charge in [0.05, 0.1) is 5.69 Å². The molecule has 1 aromatic heterocycles. The molecule has 1 aromatic carbocycles. The molecule has 2 aromatic rings. The average molecular weight is 190 g/mol. The predicted octanol–water partition coefficient (Wildman–Crippen LogP) is 2.71. The third-order valence-corrected chi connectivity index (χ3v) is 2.16. The fourth-order valence-corrected chi connectivity index (χ4v) is 1.45. The molecule has 0 radical (unpaired) electrons. The Balaban J connectivity index is 2.44. The van der Waals surface area contributed by atoms with Crippen molar-refractivity contribution in [2.45, 2.75) is 13.5 Å². The van der Waals surface area contributed by atoms with Crippen LogP contribution in [0.5, 0.6) is 0 Å². The number of benzene rings is 1. The van der Waals surface area contributed by atoms with Gasteiger partial charge < -0.3 is 0 Å². The predicted molar refractivity (Wildman–Crippen MR) is 53.3 cm³/mol. The van der Waals surface area contributed by atoms with E-state index in [0.29, 0.717) is 0 Å². The van der Waals surface area contributed by atoms with E-state index in [1.165, 1.54) is 12.1 Å². The topological polar surface area (TPSA) is 17.8 Å². The summed E-state index contributed by atoms with van der Waals surface area (Å²) in [5.41, 5.74) is 2.01. The van der Waals surface area contributed by atoms with Crippen LogP contribution < -0.4 is 0 Å². The Labute approximate surface area is 82.0 Å². The van der Waals surface area contributed by atoms with Crippen molar-refractivity contribution in [2.24, 2.45) is 0 Å². The zero-order chi connectivity index (χ0) is 9.97. The van der Waals surface area contributed by atoms with E-state index in [2.05, 4.69) is 5.10 Å². The van der Waals surface area contributed by atoms with Crippen LogP contribution in [0.2, 0.25) is 0 Å². The minimum absolute atomic E-state index is 0.212. The van der Waals surface area contributed by atoms with E-state index in [1.807, 2.05) is 17.7 Å². The largest absolute Gasteiger partial charge is 0.265 e. The molecule has 2 rings (SSSR count). The second kappa shape index (κ2) is 3.62. The standard InChI is InChI=1S/C11H11FN2/c1-2-14-11(7-8-13-14)9-3-5-10(12)6-4-9/h3-8H,2H2,1H3. The third-order valence-electron chi connectivity index (χ3n) is 2.16. The van der Waals surface area contributed by atoms with Gasteiger partial charge in [-0.2, -0.15) is 5.10 Å². The molecule has 0 bridgehead atoms. The van der Waals surface area contributed by atoms with Gasteiger partial charge in [0.1, 0.15) is 5.82 Å². The molecule has 0 amide bonds. The lowest BCUT2D eigenvalue weighted by atomic mass is 10.1. The minimum Gasteiger partial charge on any atom is -0.265 e. The summed E-state index contributed by atoms with van der Waals surface area (Å²) in [7, 11) is 0. The molecule has 0 saturated heterocycles. The van der Waals surface area contributed by atoms with Crippen molar-refractivity contribution >= 4 is 0 Å². The lowest BCUT2D eigenvalue weighted by molar-refractivity contribution is 0.627. The summed E-state index contributed by atoms with van der Waals surface area (Å²) in [6.07, 6.45) is 1.75. The van der Waals surface area contributed by atoms with Crippen molar-refractivity contribution in [1.29, 1.82) is 0 Å². The Morgan fingerprint density at radius 2 is 1.93 bits per heavy atom. The van der Waals surface area contributed by atoms with Crippen molar-refractivity contribution in [2.75, 3.05) is 0 Å². The van der Waals surface area contributed by atoms with Gasteiger partial charge in [-0.3, -0.25) is 4.68 Å². The lowest BCUT2D eigenvalue weighted by Gasteiger charge is -2.03. The first-order valence-corrected chi connectivity index (χ1v) is 4.59. The van der Waals surface area contributed by atoms with Gasteiger partial charge in [0.25, 0.3) is 0 Å². The van der Waals surface area contributed by atoms with Crippen LogP contribution in [0.1, 0.15) is 6.92 Å². The van der Waals surface area contributed by atoms with Crippen LogP contribution in [0.15, 0.2) is 36.5 Å². The Kier molecular flexibility index (Phi) is 2.31. The van der Waals surface area contributed by atoms with E-state index in [1.54, 1.807) is 18.3 Å². The van der Waals surface area contributed by atoms with Gasteiger partial charge in [-0.25, -0.2) is 4.39 Å². The van der Waals surface area contributed by atoms with E-state index < -0.39 is 0 Å². The number of nitrogens with zero attached hydrogens (tertiary/aromatic N) is 2. The maximum atomic E-state index is 12.7. The van der Waals surface area contributed by atoms with Crippen molar-refractivity contribution in [3.63, 3.8) is 0 Å². The van der Waals surface area contributed by atoms with Crippen molar-refractivity contribution in [3.8, 4) is 11.3 Å². The third kappa shape index (κ3) is 1.53. The molecule has 0 aliphatic carbocycles. The fourth-order valence-electron chi connectivity index (χ4n) is 1.45. The van der Waals surface area contributed by atoms with Crippen LogP contribution in [0.3, 0.4) is 0 Å². The normalized spacial score (nSPS) is 10.4. The van der Waals surface area contributed by atoms with Gasteiger partial charge in [0, 0.05) is 12.7 Å². The lowest BCUT2D eigenvalue weighted by Crippen LogP contribution is -1.98. The average Bonchev–Trinajstić information content (AvgIpc) is 2.67. The summed E-state index contributed by atoms with van der Waals surface area (Å²) in [6.45, 7) is 2.85. The summed E-state index contributed by atoms with van der Waals surface area (Å²) in [4.78, 5) is 0. The first-order chi connectivity index (χ1) is 6.81. The number of halogens is 1. The Morgan fingerprint density at radius 1 is 1.21 bits per heavy atom. The molecule has 0 spiro atoms. The van der Waals surface area contributed by atoms with Gasteiger partial charge in [-0.15, -0.1) is 0 Å². The molecule has 72 valence electrons. The quantitative estimate of drug-likeness (QED) is 0.712.